The molecule has 2 N–H and O–H groups in total. The lowest BCUT2D eigenvalue weighted by atomic mass is 10.1. The fourth-order valence-corrected chi connectivity index (χ4v) is 3.30. The van der Waals surface area contributed by atoms with Crippen LogP contribution < -0.4 is 5.43 Å². The molecular formula is C24H21N3O2. The van der Waals surface area contributed by atoms with Crippen LogP contribution in [0.15, 0.2) is 96.2 Å². The van der Waals surface area contributed by atoms with Gasteiger partial charge in [0.1, 0.15) is 0 Å². The van der Waals surface area contributed by atoms with E-state index in [0.717, 1.165) is 23.0 Å². The Bertz CT molecular complexity index is 1130. The van der Waals surface area contributed by atoms with E-state index in [0.29, 0.717) is 5.56 Å². The fraction of sp³-hybridized carbons (Fsp3) is 0.0833. The maximum Gasteiger partial charge on any atom is 0.273 e. The van der Waals surface area contributed by atoms with Crippen LogP contribution in [0.1, 0.15) is 22.8 Å². The van der Waals surface area contributed by atoms with Gasteiger partial charge in [-0.05, 0) is 17.2 Å². The van der Waals surface area contributed by atoms with Crippen molar-refractivity contribution in [3.63, 3.8) is 0 Å². The molecule has 1 atom stereocenters. The molecule has 0 aliphatic rings. The summed E-state index contributed by atoms with van der Waals surface area (Å²) in [6, 6.07) is 27.1. The number of para-hydroxylation sites is 1. The topological polar surface area (TPSA) is 66.6 Å². The maximum atomic E-state index is 12.2. The number of fused-ring (bicyclic) bond motifs is 1. The van der Waals surface area contributed by atoms with Crippen molar-refractivity contribution >= 4 is 23.0 Å². The van der Waals surface area contributed by atoms with Crippen molar-refractivity contribution in [2.45, 2.75) is 12.6 Å². The van der Waals surface area contributed by atoms with Crippen LogP contribution in [0.3, 0.4) is 0 Å². The zero-order valence-electron chi connectivity index (χ0n) is 15.8. The molecule has 0 radical (unpaired) electrons. The number of hydrogen-bond donors (Lipinski definition) is 2. The standard InChI is InChI=1S/C24H21N3O2/c28-23(19-11-5-2-6-12-19)24(29)26-25-15-20-17-27(16-18-9-3-1-4-10-18)22-14-8-7-13-21(20)22/h1-15,17,23,28H,16H2,(H,26,29)/b25-15+. The van der Waals surface area contributed by atoms with Crippen LogP contribution in [0, 0.1) is 0 Å². The lowest BCUT2D eigenvalue weighted by Crippen LogP contribution is -2.25. The number of carbonyl (C=O) groups excluding carboxylic acids is 1. The van der Waals surface area contributed by atoms with Crippen LogP contribution in [0.4, 0.5) is 0 Å². The first kappa shape index (κ1) is 18.7. The Morgan fingerprint density at radius 1 is 0.966 bits per heavy atom. The van der Waals surface area contributed by atoms with Crippen LogP contribution in [-0.4, -0.2) is 21.8 Å². The molecule has 1 heterocycles. The highest BCUT2D eigenvalue weighted by Gasteiger charge is 2.16. The van der Waals surface area contributed by atoms with E-state index in [2.05, 4.69) is 33.3 Å². The third-order valence-corrected chi connectivity index (χ3v) is 4.76. The average Bonchev–Trinajstić information content (AvgIpc) is 3.12. The lowest BCUT2D eigenvalue weighted by Gasteiger charge is -2.08. The average molecular weight is 383 g/mol. The molecule has 4 aromatic rings. The van der Waals surface area contributed by atoms with Crippen LogP contribution in [-0.2, 0) is 11.3 Å². The van der Waals surface area contributed by atoms with Crippen LogP contribution in [0.25, 0.3) is 10.9 Å². The Morgan fingerprint density at radius 3 is 2.38 bits per heavy atom. The van der Waals surface area contributed by atoms with Gasteiger partial charge >= 0.3 is 0 Å². The molecule has 1 amide bonds. The van der Waals surface area contributed by atoms with E-state index in [9.17, 15) is 9.90 Å². The molecule has 3 aromatic carbocycles. The molecule has 0 aliphatic carbocycles. The number of hydrazone groups is 1. The number of nitrogens with zero attached hydrogens (tertiary/aromatic N) is 2. The second-order valence-electron chi connectivity index (χ2n) is 6.76. The summed E-state index contributed by atoms with van der Waals surface area (Å²) in [6.07, 6.45) is 2.37. The van der Waals surface area contributed by atoms with Gasteiger partial charge in [0.05, 0.1) is 6.21 Å². The van der Waals surface area contributed by atoms with Gasteiger partial charge in [0.2, 0.25) is 0 Å². The third kappa shape index (κ3) is 4.25. The molecule has 0 bridgehead atoms. The van der Waals surface area contributed by atoms with E-state index in [-0.39, 0.29) is 0 Å². The summed E-state index contributed by atoms with van der Waals surface area (Å²) in [5, 5.41) is 15.2. The number of nitrogens with one attached hydrogen (secondary N) is 1. The Labute approximate surface area is 168 Å². The molecule has 5 heteroatoms. The largest absolute Gasteiger partial charge is 0.378 e. The second kappa shape index (κ2) is 8.54. The molecule has 0 saturated carbocycles. The number of aliphatic hydroxyl groups excluding tert-OH is 1. The monoisotopic (exact) mass is 383 g/mol. The van der Waals surface area contributed by atoms with E-state index in [1.807, 2.05) is 48.7 Å². The van der Waals surface area contributed by atoms with Gasteiger partial charge in [0.25, 0.3) is 5.91 Å². The summed E-state index contributed by atoms with van der Waals surface area (Å²) >= 11 is 0. The molecule has 4 rings (SSSR count). The van der Waals surface area contributed by atoms with Crippen LogP contribution in [0.2, 0.25) is 0 Å². The molecule has 29 heavy (non-hydrogen) atoms. The summed E-state index contributed by atoms with van der Waals surface area (Å²) in [5.41, 5.74) is 6.14. The van der Waals surface area contributed by atoms with Crippen molar-refractivity contribution in [2.75, 3.05) is 0 Å². The molecule has 5 nitrogen and oxygen atoms in total. The highest BCUT2D eigenvalue weighted by Crippen LogP contribution is 2.21. The molecule has 0 spiro atoms. The summed E-state index contributed by atoms with van der Waals surface area (Å²) in [7, 11) is 0. The van der Waals surface area contributed by atoms with E-state index in [4.69, 9.17) is 0 Å². The van der Waals surface area contributed by atoms with Gasteiger partial charge < -0.3 is 9.67 Å². The summed E-state index contributed by atoms with van der Waals surface area (Å²) in [5.74, 6) is -0.569. The Balaban J connectivity index is 1.52. The molecular weight excluding hydrogens is 362 g/mol. The minimum absolute atomic E-state index is 0.527. The molecule has 0 fully saturated rings. The first-order valence-electron chi connectivity index (χ1n) is 9.40. The number of rotatable bonds is 6. The minimum atomic E-state index is -1.26. The second-order valence-corrected chi connectivity index (χ2v) is 6.76. The molecule has 1 unspecified atom stereocenters. The molecule has 1 aromatic heterocycles. The minimum Gasteiger partial charge on any atom is -0.378 e. The van der Waals surface area contributed by atoms with Gasteiger partial charge in [-0.15, -0.1) is 0 Å². The normalized spacial score (nSPS) is 12.3. The SMILES string of the molecule is O=C(N/N=C/c1cn(Cc2ccccc2)c2ccccc12)C(O)c1ccccc1. The number of carbonyl (C=O) groups is 1. The fourth-order valence-electron chi connectivity index (χ4n) is 3.30. The Morgan fingerprint density at radius 2 is 1.62 bits per heavy atom. The predicted octanol–water partition coefficient (Wildman–Crippen LogP) is 3.87. The number of aromatic nitrogens is 1. The van der Waals surface area contributed by atoms with Crippen molar-refractivity contribution in [1.82, 2.24) is 9.99 Å². The van der Waals surface area contributed by atoms with Gasteiger partial charge in [0.15, 0.2) is 6.10 Å². The summed E-state index contributed by atoms with van der Waals surface area (Å²) in [4.78, 5) is 12.2. The van der Waals surface area contributed by atoms with Gasteiger partial charge in [-0.1, -0.05) is 78.9 Å². The summed E-state index contributed by atoms with van der Waals surface area (Å²) in [6.45, 7) is 0.744. The van der Waals surface area contributed by atoms with Crippen molar-refractivity contribution in [2.24, 2.45) is 5.10 Å². The van der Waals surface area contributed by atoms with Crippen molar-refractivity contribution in [3.05, 3.63) is 108 Å². The molecule has 0 aliphatic heterocycles. The third-order valence-electron chi connectivity index (χ3n) is 4.76. The number of aliphatic hydroxyl groups is 1. The zero-order valence-corrected chi connectivity index (χ0v) is 15.8. The molecule has 144 valence electrons. The summed E-state index contributed by atoms with van der Waals surface area (Å²) < 4.78 is 2.16. The van der Waals surface area contributed by atoms with Crippen molar-refractivity contribution in [1.29, 1.82) is 0 Å². The van der Waals surface area contributed by atoms with Gasteiger partial charge in [-0.2, -0.15) is 5.10 Å². The Kier molecular flexibility index (Phi) is 5.49. The van der Waals surface area contributed by atoms with Gasteiger partial charge in [-0.3, -0.25) is 4.79 Å². The van der Waals surface area contributed by atoms with E-state index < -0.39 is 12.0 Å². The molecule has 0 saturated heterocycles. The number of amides is 1. The van der Waals surface area contributed by atoms with E-state index in [1.54, 1.807) is 30.5 Å². The first-order valence-corrected chi connectivity index (χ1v) is 9.40. The Hall–Kier alpha value is -3.70. The number of hydrogen-bond acceptors (Lipinski definition) is 3. The van der Waals surface area contributed by atoms with Gasteiger partial charge in [0, 0.05) is 29.2 Å². The maximum absolute atomic E-state index is 12.2. The van der Waals surface area contributed by atoms with Crippen molar-refractivity contribution < 1.29 is 9.90 Å². The van der Waals surface area contributed by atoms with E-state index >= 15 is 0 Å². The van der Waals surface area contributed by atoms with Gasteiger partial charge in [-0.25, -0.2) is 5.43 Å². The zero-order chi connectivity index (χ0) is 20.1. The lowest BCUT2D eigenvalue weighted by molar-refractivity contribution is -0.129. The smallest absolute Gasteiger partial charge is 0.273 e. The predicted molar refractivity (Wildman–Crippen MR) is 115 cm³/mol. The highest BCUT2D eigenvalue weighted by atomic mass is 16.3. The van der Waals surface area contributed by atoms with E-state index in [1.165, 1.54) is 5.56 Å². The highest BCUT2D eigenvalue weighted by molar-refractivity contribution is 5.99. The van der Waals surface area contributed by atoms with Crippen molar-refractivity contribution in [3.8, 4) is 0 Å². The van der Waals surface area contributed by atoms with Crippen LogP contribution in [0.5, 0.6) is 0 Å². The first-order chi connectivity index (χ1) is 14.2. The number of benzene rings is 3. The van der Waals surface area contributed by atoms with Crippen LogP contribution >= 0.6 is 0 Å². The quantitative estimate of drug-likeness (QED) is 0.392.